The van der Waals surface area contributed by atoms with Crippen LogP contribution in [0.1, 0.15) is 69.7 Å². The molecule has 0 aliphatic carbocycles. The van der Waals surface area contributed by atoms with Crippen LogP contribution in [-0.2, 0) is 4.74 Å². The quantitative estimate of drug-likeness (QED) is 0.866. The lowest BCUT2D eigenvalue weighted by atomic mass is 9.78. The smallest absolute Gasteiger partial charge is 0.252 e. The lowest BCUT2D eigenvalue weighted by molar-refractivity contribution is -0.0839. The number of nitrogens with zero attached hydrogens (tertiary/aromatic N) is 2. The van der Waals surface area contributed by atoms with Gasteiger partial charge in [0.15, 0.2) is 0 Å². The first-order chi connectivity index (χ1) is 12.9. The predicted molar refractivity (Wildman–Crippen MR) is 109 cm³/mol. The third-order valence-electron chi connectivity index (χ3n) is 5.76. The molecular weight excluding hydrogens is 338 g/mol. The molecule has 1 aromatic rings. The molecule has 5 nitrogen and oxygen atoms in total. The summed E-state index contributed by atoms with van der Waals surface area (Å²) in [5, 5.41) is 3.11. The van der Waals surface area contributed by atoms with Gasteiger partial charge in [0, 0.05) is 38.4 Å². The summed E-state index contributed by atoms with van der Waals surface area (Å²) in [6, 6.07) is 3.89. The van der Waals surface area contributed by atoms with Gasteiger partial charge in [-0.05, 0) is 43.2 Å². The van der Waals surface area contributed by atoms with E-state index in [2.05, 4.69) is 36.0 Å². The fourth-order valence-corrected chi connectivity index (χ4v) is 4.34. The Hall–Kier alpha value is -1.62. The first-order valence-electron chi connectivity index (χ1n) is 10.6. The van der Waals surface area contributed by atoms with Crippen LogP contribution in [-0.4, -0.2) is 43.2 Å². The van der Waals surface area contributed by atoms with Gasteiger partial charge in [-0.1, -0.05) is 33.6 Å². The van der Waals surface area contributed by atoms with Crippen LogP contribution in [0.2, 0.25) is 0 Å². The maximum absolute atomic E-state index is 12.6. The predicted octanol–water partition coefficient (Wildman–Crippen LogP) is 4.03. The normalized spacial score (nSPS) is 24.3. The van der Waals surface area contributed by atoms with Crippen molar-refractivity contribution in [3.63, 3.8) is 0 Å². The average molecular weight is 374 g/mol. The highest BCUT2D eigenvalue weighted by atomic mass is 16.5. The van der Waals surface area contributed by atoms with E-state index in [1.807, 2.05) is 12.1 Å². The van der Waals surface area contributed by atoms with Crippen molar-refractivity contribution < 1.29 is 9.53 Å². The molecular formula is C22H35N3O2. The van der Waals surface area contributed by atoms with E-state index in [9.17, 15) is 4.79 Å². The number of ether oxygens (including phenoxy) is 1. The molecule has 0 aromatic carbocycles. The zero-order valence-electron chi connectivity index (χ0n) is 17.2. The Bertz CT molecular complexity index is 601. The molecule has 3 heterocycles. The van der Waals surface area contributed by atoms with Crippen molar-refractivity contribution in [3.8, 4) is 0 Å². The molecule has 2 fully saturated rings. The summed E-state index contributed by atoms with van der Waals surface area (Å²) in [7, 11) is 0. The van der Waals surface area contributed by atoms with E-state index < -0.39 is 0 Å². The lowest BCUT2D eigenvalue weighted by Gasteiger charge is -2.40. The molecule has 3 rings (SSSR count). The Morgan fingerprint density at radius 2 is 1.93 bits per heavy atom. The van der Waals surface area contributed by atoms with E-state index in [0.29, 0.717) is 18.0 Å². The Morgan fingerprint density at radius 3 is 2.56 bits per heavy atom. The lowest BCUT2D eigenvalue weighted by Crippen LogP contribution is -2.45. The number of amides is 1. The maximum atomic E-state index is 12.6. The highest BCUT2D eigenvalue weighted by Gasteiger charge is 2.35. The third-order valence-corrected chi connectivity index (χ3v) is 5.76. The molecule has 1 amide bonds. The van der Waals surface area contributed by atoms with Crippen molar-refractivity contribution in [1.82, 2.24) is 10.3 Å². The van der Waals surface area contributed by atoms with Gasteiger partial charge in [-0.25, -0.2) is 4.98 Å². The molecule has 27 heavy (non-hydrogen) atoms. The second-order valence-corrected chi connectivity index (χ2v) is 9.08. The summed E-state index contributed by atoms with van der Waals surface area (Å²) in [5.41, 5.74) is 0.726. The summed E-state index contributed by atoms with van der Waals surface area (Å²) in [5.74, 6) is 1.32. The number of carbonyl (C=O) groups excluding carboxylic acids is 1. The Balaban J connectivity index is 1.56. The fraction of sp³-hybridized carbons (Fsp3) is 0.727. The van der Waals surface area contributed by atoms with Crippen LogP contribution in [0.3, 0.4) is 0 Å². The number of aromatic nitrogens is 1. The van der Waals surface area contributed by atoms with Gasteiger partial charge >= 0.3 is 0 Å². The number of anilines is 1. The molecule has 5 heteroatoms. The van der Waals surface area contributed by atoms with Crippen LogP contribution in [0.15, 0.2) is 18.3 Å². The minimum Gasteiger partial charge on any atom is -0.377 e. The largest absolute Gasteiger partial charge is 0.377 e. The first kappa shape index (κ1) is 20.1. The second-order valence-electron chi connectivity index (χ2n) is 9.08. The van der Waals surface area contributed by atoms with Gasteiger partial charge in [0.2, 0.25) is 0 Å². The van der Waals surface area contributed by atoms with E-state index in [0.717, 1.165) is 38.4 Å². The van der Waals surface area contributed by atoms with Gasteiger partial charge in [0.25, 0.3) is 5.91 Å². The summed E-state index contributed by atoms with van der Waals surface area (Å²) in [4.78, 5) is 19.5. The number of hydrogen-bond acceptors (Lipinski definition) is 4. The fourth-order valence-electron chi connectivity index (χ4n) is 4.34. The summed E-state index contributed by atoms with van der Waals surface area (Å²) in [6.07, 6.45) is 9.14. The summed E-state index contributed by atoms with van der Waals surface area (Å²) < 4.78 is 6.02. The average Bonchev–Trinajstić information content (AvgIpc) is 2.95. The van der Waals surface area contributed by atoms with Crippen LogP contribution in [0, 0.1) is 11.3 Å². The Morgan fingerprint density at radius 1 is 1.19 bits per heavy atom. The van der Waals surface area contributed by atoms with Crippen LogP contribution in [0.5, 0.6) is 0 Å². The van der Waals surface area contributed by atoms with Crippen molar-refractivity contribution in [1.29, 1.82) is 0 Å². The van der Waals surface area contributed by atoms with E-state index in [1.165, 1.54) is 25.7 Å². The Labute approximate surface area is 163 Å². The molecule has 0 unspecified atom stereocenters. The van der Waals surface area contributed by atoms with Gasteiger partial charge in [0.1, 0.15) is 5.82 Å². The minimum absolute atomic E-state index is 0.0388. The topological polar surface area (TPSA) is 54.5 Å². The zero-order valence-corrected chi connectivity index (χ0v) is 17.2. The molecule has 150 valence electrons. The zero-order chi connectivity index (χ0) is 19.3. The molecule has 1 N–H and O–H groups in total. The van der Waals surface area contributed by atoms with Crippen molar-refractivity contribution >= 4 is 11.7 Å². The number of carbonyl (C=O) groups is 1. The number of nitrogens with one attached hydrogen (secondary N) is 1. The summed E-state index contributed by atoms with van der Waals surface area (Å²) >= 11 is 0. The van der Waals surface area contributed by atoms with Gasteiger partial charge in [-0.3, -0.25) is 4.79 Å². The standard InChI is InChI=1S/C22H35N3O2/c1-22(2,3)20-17(9-8-14-27-20)15-24-21(26)18-10-11-19(23-16-18)25-12-6-4-5-7-13-25/h10-11,16-17,20H,4-9,12-15H2,1-3H3,(H,24,26)/t17-,20+/m0/s1. The molecule has 0 saturated carbocycles. The third kappa shape index (κ3) is 5.44. The van der Waals surface area contributed by atoms with Gasteiger partial charge in [-0.15, -0.1) is 0 Å². The van der Waals surface area contributed by atoms with Gasteiger partial charge < -0.3 is 15.0 Å². The monoisotopic (exact) mass is 373 g/mol. The first-order valence-corrected chi connectivity index (χ1v) is 10.6. The SMILES string of the molecule is CC(C)(C)[C@@H]1OCCC[C@H]1CNC(=O)c1ccc(N2CCCCCC2)nc1. The van der Waals surface area contributed by atoms with Crippen LogP contribution < -0.4 is 10.2 Å². The highest BCUT2D eigenvalue weighted by molar-refractivity contribution is 5.94. The molecule has 0 bridgehead atoms. The molecule has 0 radical (unpaired) electrons. The van der Waals surface area contributed by atoms with E-state index in [1.54, 1.807) is 6.20 Å². The molecule has 2 atom stereocenters. The number of hydrogen-bond donors (Lipinski definition) is 1. The van der Waals surface area contributed by atoms with Gasteiger partial charge in [-0.2, -0.15) is 0 Å². The molecule has 1 aromatic heterocycles. The second kappa shape index (κ2) is 9.05. The molecule has 0 spiro atoms. The number of pyridine rings is 1. The summed E-state index contributed by atoms with van der Waals surface area (Å²) in [6.45, 7) is 10.3. The number of rotatable bonds is 4. The van der Waals surface area contributed by atoms with Crippen molar-refractivity contribution in [2.75, 3.05) is 31.1 Å². The van der Waals surface area contributed by atoms with E-state index >= 15 is 0 Å². The van der Waals surface area contributed by atoms with E-state index in [4.69, 9.17) is 4.74 Å². The molecule has 2 aliphatic heterocycles. The van der Waals surface area contributed by atoms with Crippen molar-refractivity contribution in [3.05, 3.63) is 23.9 Å². The Kier molecular flexibility index (Phi) is 6.74. The highest BCUT2D eigenvalue weighted by Crippen LogP contribution is 2.33. The van der Waals surface area contributed by atoms with E-state index in [-0.39, 0.29) is 17.4 Å². The molecule has 2 saturated heterocycles. The molecule has 2 aliphatic rings. The van der Waals surface area contributed by atoms with Crippen LogP contribution >= 0.6 is 0 Å². The van der Waals surface area contributed by atoms with Crippen molar-refractivity contribution in [2.45, 2.75) is 65.4 Å². The maximum Gasteiger partial charge on any atom is 0.252 e. The van der Waals surface area contributed by atoms with Gasteiger partial charge in [0.05, 0.1) is 11.7 Å². The minimum atomic E-state index is -0.0388. The van der Waals surface area contributed by atoms with Crippen LogP contribution in [0.4, 0.5) is 5.82 Å². The van der Waals surface area contributed by atoms with Crippen LogP contribution in [0.25, 0.3) is 0 Å². The van der Waals surface area contributed by atoms with Crippen molar-refractivity contribution in [2.24, 2.45) is 11.3 Å².